The summed E-state index contributed by atoms with van der Waals surface area (Å²) >= 11 is 0. The minimum atomic E-state index is -1.01. The number of nitrogens with one attached hydrogen (secondary N) is 1. The van der Waals surface area contributed by atoms with E-state index >= 15 is 0 Å². The number of aliphatic hydroxyl groups is 2. The van der Waals surface area contributed by atoms with Crippen LogP contribution in [0.1, 0.15) is 90.0 Å². The third-order valence-electron chi connectivity index (χ3n) is 12.6. The zero-order valence-electron chi connectivity index (χ0n) is 27.9. The van der Waals surface area contributed by atoms with Crippen LogP contribution in [-0.2, 0) is 14.3 Å². The summed E-state index contributed by atoms with van der Waals surface area (Å²) in [5, 5.41) is 24.4. The maximum atomic E-state index is 14.6. The smallest absolute Gasteiger partial charge is 0.249 e. The minimum absolute atomic E-state index is 0.0226. The molecule has 1 aromatic rings. The van der Waals surface area contributed by atoms with E-state index in [4.69, 9.17) is 9.47 Å². The second-order valence-electron chi connectivity index (χ2n) is 16.3. The molecule has 8 nitrogen and oxygen atoms in total. The van der Waals surface area contributed by atoms with Gasteiger partial charge in [0.2, 0.25) is 11.8 Å². The van der Waals surface area contributed by atoms with Gasteiger partial charge in [-0.05, 0) is 104 Å². The van der Waals surface area contributed by atoms with Gasteiger partial charge < -0.3 is 29.9 Å². The van der Waals surface area contributed by atoms with Crippen molar-refractivity contribution in [2.24, 2.45) is 40.9 Å². The van der Waals surface area contributed by atoms with Gasteiger partial charge in [0.25, 0.3) is 0 Å². The fourth-order valence-electron chi connectivity index (χ4n) is 11.0. The Hall–Kier alpha value is -2.42. The van der Waals surface area contributed by atoms with E-state index in [1.54, 1.807) is 0 Å². The molecule has 1 aromatic carbocycles. The minimum Gasteiger partial charge on any atom is -0.486 e. The van der Waals surface area contributed by atoms with Crippen LogP contribution in [0.3, 0.4) is 0 Å². The molecule has 0 saturated heterocycles. The molecule has 0 aromatic heterocycles. The molecular weight excluding hydrogens is 580 g/mol. The quantitative estimate of drug-likeness (QED) is 0.340. The second-order valence-corrected chi connectivity index (χ2v) is 16.3. The fraction of sp³-hybridized carbons (Fsp3) is 0.737. The van der Waals surface area contributed by atoms with E-state index < -0.39 is 24.2 Å². The monoisotopic (exact) mass is 634 g/mol. The van der Waals surface area contributed by atoms with Crippen LogP contribution in [0, 0.1) is 40.9 Å². The van der Waals surface area contributed by atoms with Gasteiger partial charge in [0, 0.05) is 24.2 Å². The lowest BCUT2D eigenvalue weighted by atomic mass is 9.49. The number of para-hydroxylation sites is 1. The molecule has 5 fully saturated rings. The SMILES string of the molecule is CC1CCC(C(C)C)C(OCC(=O)N(CC23CC4CC(CC(C4)C2)C3)C2C=C(C(=O)NCCO)C3c4ccccc4OC3C2O)C1. The molecule has 1 heterocycles. The fourth-order valence-corrected chi connectivity index (χ4v) is 11.0. The second kappa shape index (κ2) is 12.9. The molecule has 252 valence electrons. The molecule has 0 spiro atoms. The van der Waals surface area contributed by atoms with E-state index in [2.05, 4.69) is 26.1 Å². The number of amides is 2. The van der Waals surface area contributed by atoms with Crippen LogP contribution >= 0.6 is 0 Å². The molecule has 8 rings (SSSR count). The summed E-state index contributed by atoms with van der Waals surface area (Å²) < 4.78 is 12.9. The lowest BCUT2D eigenvalue weighted by Gasteiger charge is -2.58. The lowest BCUT2D eigenvalue weighted by molar-refractivity contribution is -0.154. The third-order valence-corrected chi connectivity index (χ3v) is 12.6. The predicted molar refractivity (Wildman–Crippen MR) is 175 cm³/mol. The molecule has 8 heteroatoms. The van der Waals surface area contributed by atoms with Crippen molar-refractivity contribution in [1.82, 2.24) is 10.2 Å². The molecule has 2 amide bonds. The molecule has 1 aliphatic heterocycles. The van der Waals surface area contributed by atoms with Crippen molar-refractivity contribution in [2.75, 3.05) is 26.3 Å². The van der Waals surface area contributed by atoms with Gasteiger partial charge >= 0.3 is 0 Å². The zero-order valence-corrected chi connectivity index (χ0v) is 27.9. The molecular formula is C38H54N2O6. The lowest BCUT2D eigenvalue weighted by Crippen LogP contribution is -2.60. The summed E-state index contributed by atoms with van der Waals surface area (Å²) in [4.78, 5) is 30.1. The first-order valence-electron chi connectivity index (χ1n) is 18.1. The molecule has 7 unspecified atom stereocenters. The number of hydrogen-bond acceptors (Lipinski definition) is 6. The van der Waals surface area contributed by atoms with E-state index in [1.165, 1.54) is 25.7 Å². The average Bonchev–Trinajstić information content (AvgIpc) is 3.41. The molecule has 46 heavy (non-hydrogen) atoms. The number of benzene rings is 1. The van der Waals surface area contributed by atoms with Gasteiger partial charge in [0.05, 0.1) is 24.7 Å². The summed E-state index contributed by atoms with van der Waals surface area (Å²) in [6.07, 6.45) is 10.8. The normalized spacial score (nSPS) is 39.0. The van der Waals surface area contributed by atoms with Crippen LogP contribution in [-0.4, -0.2) is 77.6 Å². The molecule has 7 aliphatic rings. The molecule has 4 bridgehead atoms. The van der Waals surface area contributed by atoms with Crippen molar-refractivity contribution in [3.05, 3.63) is 41.5 Å². The predicted octanol–water partition coefficient (Wildman–Crippen LogP) is 4.83. The van der Waals surface area contributed by atoms with Crippen LogP contribution in [0.2, 0.25) is 0 Å². The average molecular weight is 635 g/mol. The van der Waals surface area contributed by atoms with Crippen LogP contribution < -0.4 is 10.1 Å². The van der Waals surface area contributed by atoms with Gasteiger partial charge in [0.15, 0.2) is 0 Å². The first kappa shape index (κ1) is 32.1. The number of hydrogen-bond donors (Lipinski definition) is 3. The van der Waals surface area contributed by atoms with Crippen molar-refractivity contribution in [1.29, 1.82) is 0 Å². The summed E-state index contributed by atoms with van der Waals surface area (Å²) in [5.41, 5.74) is 1.39. The maximum absolute atomic E-state index is 14.6. The number of ether oxygens (including phenoxy) is 2. The van der Waals surface area contributed by atoms with Gasteiger partial charge in [0.1, 0.15) is 24.6 Å². The zero-order chi connectivity index (χ0) is 32.2. The summed E-state index contributed by atoms with van der Waals surface area (Å²) in [7, 11) is 0. The number of aliphatic hydroxyl groups excluding tert-OH is 2. The highest BCUT2D eigenvalue weighted by atomic mass is 16.5. The van der Waals surface area contributed by atoms with E-state index in [-0.39, 0.29) is 43.1 Å². The van der Waals surface area contributed by atoms with E-state index in [0.29, 0.717) is 35.6 Å². The van der Waals surface area contributed by atoms with Crippen LogP contribution in [0.5, 0.6) is 5.75 Å². The standard InChI is InChI=1S/C38H54N2O6/c1-22(2)27-9-8-23(3)12-32(27)45-20-33(42)40(21-38-17-24-13-25(18-38)15-26(14-24)19-38)30-16-29(37(44)39-10-11-41)34-28-6-4-5-7-31(28)46-36(34)35(30)43/h4-7,16,22-27,30,32,34-36,41,43H,8-15,17-21H2,1-3H3,(H,39,44). The highest BCUT2D eigenvalue weighted by Gasteiger charge is 2.55. The molecule has 5 saturated carbocycles. The van der Waals surface area contributed by atoms with E-state index in [1.807, 2.05) is 35.2 Å². The Bertz CT molecular complexity index is 1290. The number of rotatable bonds is 10. The topological polar surface area (TPSA) is 108 Å². The Labute approximate surface area is 274 Å². The Kier molecular flexibility index (Phi) is 9.01. The molecule has 3 N–H and O–H groups in total. The summed E-state index contributed by atoms with van der Waals surface area (Å²) in [5.74, 6) is 3.44. The van der Waals surface area contributed by atoms with Crippen LogP contribution in [0.4, 0.5) is 0 Å². The van der Waals surface area contributed by atoms with Crippen molar-refractivity contribution in [3.8, 4) is 5.75 Å². The van der Waals surface area contributed by atoms with E-state index in [0.717, 1.165) is 55.4 Å². The summed E-state index contributed by atoms with van der Waals surface area (Å²) in [6.45, 7) is 7.28. The van der Waals surface area contributed by atoms with Crippen molar-refractivity contribution in [2.45, 2.75) is 109 Å². The van der Waals surface area contributed by atoms with Crippen molar-refractivity contribution >= 4 is 11.8 Å². The number of carbonyl (C=O) groups excluding carboxylic acids is 2. The third kappa shape index (κ3) is 6.03. The van der Waals surface area contributed by atoms with Gasteiger partial charge in [-0.1, -0.05) is 45.4 Å². The Morgan fingerprint density at radius 2 is 1.76 bits per heavy atom. The Morgan fingerprint density at radius 3 is 2.43 bits per heavy atom. The van der Waals surface area contributed by atoms with Crippen LogP contribution in [0.15, 0.2) is 35.9 Å². The highest BCUT2D eigenvalue weighted by molar-refractivity contribution is 5.96. The number of fused-ring (bicyclic) bond motifs is 3. The van der Waals surface area contributed by atoms with E-state index in [9.17, 15) is 19.8 Å². The first-order chi connectivity index (χ1) is 22.1. The van der Waals surface area contributed by atoms with Gasteiger partial charge in [-0.25, -0.2) is 0 Å². The first-order valence-corrected chi connectivity index (χ1v) is 18.1. The van der Waals surface area contributed by atoms with Crippen molar-refractivity contribution < 1.29 is 29.3 Å². The van der Waals surface area contributed by atoms with Gasteiger partial charge in [-0.2, -0.15) is 0 Å². The summed E-state index contributed by atoms with van der Waals surface area (Å²) in [6, 6.07) is 6.92. The molecule has 0 radical (unpaired) electrons. The highest BCUT2D eigenvalue weighted by Crippen LogP contribution is 2.60. The largest absolute Gasteiger partial charge is 0.486 e. The molecule has 6 aliphatic carbocycles. The Morgan fingerprint density at radius 1 is 1.07 bits per heavy atom. The van der Waals surface area contributed by atoms with Crippen molar-refractivity contribution in [3.63, 3.8) is 0 Å². The Balaban J connectivity index is 1.21. The van der Waals surface area contributed by atoms with Gasteiger partial charge in [-0.3, -0.25) is 9.59 Å². The molecule has 7 atom stereocenters. The number of nitrogens with zero attached hydrogens (tertiary/aromatic N) is 1. The van der Waals surface area contributed by atoms with Gasteiger partial charge in [-0.15, -0.1) is 0 Å². The van der Waals surface area contributed by atoms with Crippen LogP contribution in [0.25, 0.3) is 0 Å². The number of carbonyl (C=O) groups is 2. The maximum Gasteiger partial charge on any atom is 0.249 e.